The Kier molecular flexibility index (Phi) is 6.03. The molecule has 0 atom stereocenters. The number of nitro benzene ring substituents is 1. The Bertz CT molecular complexity index is 1300. The Labute approximate surface area is 196 Å². The van der Waals surface area contributed by atoms with Gasteiger partial charge in [-0.15, -0.1) is 0 Å². The number of thioether (sulfide) groups is 1. The van der Waals surface area contributed by atoms with Crippen LogP contribution in [0.2, 0.25) is 0 Å². The van der Waals surface area contributed by atoms with E-state index < -0.39 is 10.8 Å². The number of imide groups is 1. The van der Waals surface area contributed by atoms with Crippen LogP contribution in [0.15, 0.2) is 62.3 Å². The number of aryl methyl sites for hydroxylation is 1. The summed E-state index contributed by atoms with van der Waals surface area (Å²) in [5, 5.41) is 11.0. The number of hydrogen-bond acceptors (Lipinski definition) is 6. The van der Waals surface area contributed by atoms with Gasteiger partial charge in [-0.3, -0.25) is 24.6 Å². The van der Waals surface area contributed by atoms with E-state index in [1.807, 2.05) is 30.3 Å². The third kappa shape index (κ3) is 4.26. The molecule has 1 aromatic heterocycles. The van der Waals surface area contributed by atoms with Crippen LogP contribution < -0.4 is 0 Å². The van der Waals surface area contributed by atoms with Crippen LogP contribution in [0.4, 0.5) is 10.5 Å². The van der Waals surface area contributed by atoms with Crippen LogP contribution in [0, 0.1) is 24.0 Å². The first-order valence-corrected chi connectivity index (χ1v) is 11.2. The normalized spacial score (nSPS) is 15.1. The number of furan rings is 1. The Morgan fingerprint density at radius 1 is 1.16 bits per heavy atom. The number of hydrogen-bond donors (Lipinski definition) is 0. The maximum absolute atomic E-state index is 12.8. The first-order chi connectivity index (χ1) is 15.2. The van der Waals surface area contributed by atoms with E-state index in [-0.39, 0.29) is 22.4 Å². The van der Waals surface area contributed by atoms with Gasteiger partial charge < -0.3 is 4.42 Å². The highest BCUT2D eigenvalue weighted by molar-refractivity contribution is 9.10. The minimum atomic E-state index is -0.420. The van der Waals surface area contributed by atoms with Gasteiger partial charge in [-0.2, -0.15) is 0 Å². The Morgan fingerprint density at radius 2 is 1.91 bits per heavy atom. The van der Waals surface area contributed by atoms with E-state index in [2.05, 4.69) is 15.9 Å². The van der Waals surface area contributed by atoms with Crippen molar-refractivity contribution >= 4 is 50.6 Å². The molecule has 2 aromatic carbocycles. The highest BCUT2D eigenvalue weighted by Gasteiger charge is 2.35. The van der Waals surface area contributed by atoms with Crippen LogP contribution in [0.5, 0.6) is 0 Å². The lowest BCUT2D eigenvalue weighted by molar-refractivity contribution is -0.385. The number of rotatable bonds is 5. The number of carbonyl (C=O) groups is 2. The van der Waals surface area contributed by atoms with Gasteiger partial charge in [-0.1, -0.05) is 34.1 Å². The minimum Gasteiger partial charge on any atom is -0.457 e. The summed E-state index contributed by atoms with van der Waals surface area (Å²) < 4.78 is 6.64. The zero-order valence-electron chi connectivity index (χ0n) is 17.1. The first kappa shape index (κ1) is 22.0. The molecule has 2 heterocycles. The molecule has 2 amide bonds. The predicted octanol–water partition coefficient (Wildman–Crippen LogP) is 6.47. The van der Waals surface area contributed by atoms with Crippen molar-refractivity contribution in [3.8, 4) is 11.3 Å². The van der Waals surface area contributed by atoms with E-state index in [9.17, 15) is 19.7 Å². The number of carbonyl (C=O) groups excluding carboxylic acids is 2. The van der Waals surface area contributed by atoms with Gasteiger partial charge in [0.15, 0.2) is 0 Å². The van der Waals surface area contributed by atoms with E-state index in [1.165, 1.54) is 17.0 Å². The zero-order chi connectivity index (χ0) is 23.0. The smallest absolute Gasteiger partial charge is 0.293 e. The third-order valence-electron chi connectivity index (χ3n) is 5.18. The topological polar surface area (TPSA) is 93.7 Å². The molecule has 32 heavy (non-hydrogen) atoms. The summed E-state index contributed by atoms with van der Waals surface area (Å²) in [4.78, 5) is 37.6. The average Bonchev–Trinajstić information content (AvgIpc) is 3.31. The summed E-state index contributed by atoms with van der Waals surface area (Å²) in [6.45, 7) is 3.67. The summed E-state index contributed by atoms with van der Waals surface area (Å²) in [6, 6.07) is 14.0. The van der Waals surface area contributed by atoms with Gasteiger partial charge in [0.25, 0.3) is 16.8 Å². The molecule has 1 aliphatic rings. The molecule has 0 aliphatic carbocycles. The lowest BCUT2D eigenvalue weighted by atomic mass is 10.0. The SMILES string of the molecule is Cc1cc(-c2ccc(/C=C3/SC(=O)N(Cc4ccccc4Br)C3=O)o2)cc([N+](=O)[O-])c1C. The molecule has 1 aliphatic heterocycles. The van der Waals surface area contributed by atoms with Crippen molar-refractivity contribution in [1.29, 1.82) is 0 Å². The van der Waals surface area contributed by atoms with Crippen molar-refractivity contribution in [2.24, 2.45) is 0 Å². The summed E-state index contributed by atoms with van der Waals surface area (Å²) >= 11 is 4.28. The lowest BCUT2D eigenvalue weighted by Crippen LogP contribution is -2.27. The molecule has 7 nitrogen and oxygen atoms in total. The summed E-state index contributed by atoms with van der Waals surface area (Å²) in [6.07, 6.45) is 1.52. The maximum Gasteiger partial charge on any atom is 0.293 e. The highest BCUT2D eigenvalue weighted by atomic mass is 79.9. The van der Waals surface area contributed by atoms with Crippen LogP contribution in [0.25, 0.3) is 17.4 Å². The van der Waals surface area contributed by atoms with Gasteiger partial charge in [0.2, 0.25) is 0 Å². The van der Waals surface area contributed by atoms with Gasteiger partial charge in [0.1, 0.15) is 11.5 Å². The van der Waals surface area contributed by atoms with Crippen LogP contribution in [-0.4, -0.2) is 21.0 Å². The molecule has 0 bridgehead atoms. The van der Waals surface area contributed by atoms with Crippen LogP contribution in [0.3, 0.4) is 0 Å². The standard InChI is InChI=1S/C23H17BrN2O5S/c1-13-9-16(10-19(14(13)2)26(29)30)20-8-7-17(31-20)11-21-22(27)25(23(28)32-21)12-15-5-3-4-6-18(15)24/h3-11H,12H2,1-2H3/b21-11+. The second-order valence-corrected chi connectivity index (χ2v) is 9.10. The van der Waals surface area contributed by atoms with Crippen LogP contribution in [-0.2, 0) is 11.3 Å². The quantitative estimate of drug-likeness (QED) is 0.221. The number of amides is 2. The van der Waals surface area contributed by atoms with Gasteiger partial charge in [-0.25, -0.2) is 0 Å². The number of halogens is 1. The molecule has 1 fully saturated rings. The van der Waals surface area contributed by atoms with Crippen molar-refractivity contribution in [3.63, 3.8) is 0 Å². The van der Waals surface area contributed by atoms with Gasteiger partial charge in [-0.05, 0) is 61.0 Å². The van der Waals surface area contributed by atoms with Gasteiger partial charge in [0.05, 0.1) is 16.4 Å². The molecular formula is C23H17BrN2O5S. The van der Waals surface area contributed by atoms with Crippen LogP contribution >= 0.6 is 27.7 Å². The number of nitro groups is 1. The highest BCUT2D eigenvalue weighted by Crippen LogP contribution is 2.36. The van der Waals surface area contributed by atoms with Crippen molar-refractivity contribution in [2.45, 2.75) is 20.4 Å². The minimum absolute atomic E-state index is 0.0196. The fourth-order valence-corrected chi connectivity index (χ4v) is 4.55. The molecule has 4 rings (SSSR count). The fourth-order valence-electron chi connectivity index (χ4n) is 3.32. The second kappa shape index (κ2) is 8.76. The molecule has 1 saturated heterocycles. The fraction of sp³-hybridized carbons (Fsp3) is 0.130. The molecule has 0 saturated carbocycles. The first-order valence-electron chi connectivity index (χ1n) is 9.59. The van der Waals surface area contributed by atoms with Crippen molar-refractivity contribution in [2.75, 3.05) is 0 Å². The van der Waals surface area contributed by atoms with Crippen molar-refractivity contribution in [1.82, 2.24) is 4.90 Å². The van der Waals surface area contributed by atoms with Crippen molar-refractivity contribution in [3.05, 3.63) is 90.5 Å². The van der Waals surface area contributed by atoms with Crippen molar-refractivity contribution < 1.29 is 18.9 Å². The monoisotopic (exact) mass is 512 g/mol. The molecule has 0 radical (unpaired) electrons. The van der Waals surface area contributed by atoms with E-state index in [0.29, 0.717) is 22.6 Å². The summed E-state index contributed by atoms with van der Waals surface area (Å²) in [7, 11) is 0. The van der Waals surface area contributed by atoms with Gasteiger partial charge in [0, 0.05) is 27.7 Å². The number of benzene rings is 2. The second-order valence-electron chi connectivity index (χ2n) is 7.26. The average molecular weight is 513 g/mol. The number of nitrogens with zero attached hydrogens (tertiary/aromatic N) is 2. The van der Waals surface area contributed by atoms with E-state index >= 15 is 0 Å². The molecular weight excluding hydrogens is 496 g/mol. The largest absolute Gasteiger partial charge is 0.457 e. The third-order valence-corrected chi connectivity index (χ3v) is 6.86. The lowest BCUT2D eigenvalue weighted by Gasteiger charge is -2.13. The Balaban J connectivity index is 1.59. The maximum atomic E-state index is 12.8. The summed E-state index contributed by atoms with van der Waals surface area (Å²) in [5.41, 5.74) is 2.80. The molecule has 0 spiro atoms. The predicted molar refractivity (Wildman–Crippen MR) is 126 cm³/mol. The zero-order valence-corrected chi connectivity index (χ0v) is 19.5. The van der Waals surface area contributed by atoms with E-state index in [1.54, 1.807) is 26.0 Å². The van der Waals surface area contributed by atoms with Gasteiger partial charge >= 0.3 is 0 Å². The summed E-state index contributed by atoms with van der Waals surface area (Å²) in [5.74, 6) is 0.428. The molecule has 3 aromatic rings. The molecule has 0 unspecified atom stereocenters. The molecule has 9 heteroatoms. The van der Waals surface area contributed by atoms with Crippen LogP contribution in [0.1, 0.15) is 22.5 Å². The van der Waals surface area contributed by atoms with E-state index in [4.69, 9.17) is 4.42 Å². The van der Waals surface area contributed by atoms with E-state index in [0.717, 1.165) is 27.4 Å². The molecule has 0 N–H and O–H groups in total. The Morgan fingerprint density at radius 3 is 2.62 bits per heavy atom. The Hall–Kier alpha value is -3.17. The molecule has 162 valence electrons.